The van der Waals surface area contributed by atoms with Crippen LogP contribution in [0.2, 0.25) is 0 Å². The van der Waals surface area contributed by atoms with Gasteiger partial charge >= 0.3 is 0 Å². The molecule has 0 fully saturated rings. The molecule has 0 unspecified atom stereocenters. The number of hydrogen-bond donors (Lipinski definition) is 1. The van der Waals surface area contributed by atoms with Gasteiger partial charge in [-0.2, -0.15) is 0 Å². The highest BCUT2D eigenvalue weighted by Gasteiger charge is 2.21. The van der Waals surface area contributed by atoms with Crippen molar-refractivity contribution in [1.29, 1.82) is 0 Å². The summed E-state index contributed by atoms with van der Waals surface area (Å²) in [6, 6.07) is 24.4. The smallest absolute Gasteiger partial charge is 0.264 e. The van der Waals surface area contributed by atoms with Gasteiger partial charge in [0.15, 0.2) is 0 Å². The molecule has 9 heteroatoms. The molecule has 7 nitrogen and oxygen atoms in total. The van der Waals surface area contributed by atoms with Gasteiger partial charge in [-0.1, -0.05) is 59.9 Å². The van der Waals surface area contributed by atoms with E-state index >= 15 is 0 Å². The van der Waals surface area contributed by atoms with Gasteiger partial charge in [0, 0.05) is 19.0 Å². The second-order valence-corrected chi connectivity index (χ2v) is 9.98. The minimum absolute atomic E-state index is 0.201. The van der Waals surface area contributed by atoms with E-state index in [0.29, 0.717) is 22.8 Å². The zero-order valence-electron chi connectivity index (χ0n) is 17.2. The lowest BCUT2D eigenvalue weighted by Gasteiger charge is -2.19. The Morgan fingerprint density at radius 3 is 2.19 bits per heavy atom. The Balaban J connectivity index is 1.42. The minimum atomic E-state index is -3.68. The van der Waals surface area contributed by atoms with Crippen LogP contribution in [-0.4, -0.2) is 31.6 Å². The van der Waals surface area contributed by atoms with E-state index in [1.807, 2.05) is 30.3 Å². The van der Waals surface area contributed by atoms with Crippen molar-refractivity contribution in [2.24, 2.45) is 0 Å². The van der Waals surface area contributed by atoms with Crippen LogP contribution in [0.5, 0.6) is 0 Å². The number of carbonyl (C=O) groups is 1. The number of nitrogens with one attached hydrogen (secondary N) is 1. The first-order valence-corrected chi connectivity index (χ1v) is 12.0. The Labute approximate surface area is 190 Å². The number of carbonyl (C=O) groups excluding carboxylic acids is 1. The number of rotatable bonds is 7. The molecular weight excluding hydrogens is 444 g/mol. The molecule has 0 aliphatic carbocycles. The minimum Gasteiger partial charge on any atom is -0.296 e. The molecule has 162 valence electrons. The molecule has 1 N–H and O–H groups in total. The SMILES string of the molecule is CN(c1ccc(C(=O)Nc2nnc(Cc3ccccc3)s2)cc1)S(=O)(=O)c1ccccc1. The lowest BCUT2D eigenvalue weighted by molar-refractivity contribution is 0.102. The third kappa shape index (κ3) is 4.84. The summed E-state index contributed by atoms with van der Waals surface area (Å²) in [4.78, 5) is 12.8. The maximum absolute atomic E-state index is 12.8. The number of anilines is 2. The Morgan fingerprint density at radius 2 is 1.53 bits per heavy atom. The summed E-state index contributed by atoms with van der Waals surface area (Å²) in [5.74, 6) is -0.340. The summed E-state index contributed by atoms with van der Waals surface area (Å²) >= 11 is 1.32. The zero-order chi connectivity index (χ0) is 22.6. The molecule has 4 rings (SSSR count). The van der Waals surface area contributed by atoms with Gasteiger partial charge in [-0.25, -0.2) is 8.42 Å². The van der Waals surface area contributed by atoms with E-state index in [1.165, 1.54) is 22.7 Å². The van der Waals surface area contributed by atoms with Crippen molar-refractivity contribution < 1.29 is 13.2 Å². The molecule has 0 saturated carbocycles. The number of amides is 1. The van der Waals surface area contributed by atoms with Crippen LogP contribution in [0.15, 0.2) is 89.8 Å². The Bertz CT molecular complexity index is 1310. The van der Waals surface area contributed by atoms with E-state index < -0.39 is 10.0 Å². The van der Waals surface area contributed by atoms with Crippen LogP contribution in [0.3, 0.4) is 0 Å². The van der Waals surface area contributed by atoms with Crippen molar-refractivity contribution >= 4 is 38.1 Å². The predicted octanol–water partition coefficient (Wildman–Crippen LogP) is 4.21. The van der Waals surface area contributed by atoms with Crippen molar-refractivity contribution in [3.05, 3.63) is 101 Å². The maximum atomic E-state index is 12.8. The summed E-state index contributed by atoms with van der Waals surface area (Å²) in [5, 5.41) is 12.1. The molecular formula is C23H20N4O3S2. The predicted molar refractivity (Wildman–Crippen MR) is 126 cm³/mol. The van der Waals surface area contributed by atoms with Gasteiger partial charge in [0.05, 0.1) is 10.6 Å². The van der Waals surface area contributed by atoms with Crippen molar-refractivity contribution in [3.63, 3.8) is 0 Å². The van der Waals surface area contributed by atoms with Gasteiger partial charge in [-0.15, -0.1) is 10.2 Å². The fourth-order valence-corrected chi connectivity index (χ4v) is 5.01. The average Bonchev–Trinajstić information content (AvgIpc) is 3.26. The van der Waals surface area contributed by atoms with Crippen LogP contribution in [-0.2, 0) is 16.4 Å². The van der Waals surface area contributed by atoms with E-state index in [0.717, 1.165) is 10.6 Å². The third-order valence-corrected chi connectivity index (χ3v) is 7.42. The molecule has 1 amide bonds. The molecule has 3 aromatic carbocycles. The summed E-state index contributed by atoms with van der Waals surface area (Å²) in [6.45, 7) is 0. The summed E-state index contributed by atoms with van der Waals surface area (Å²) in [7, 11) is -2.20. The number of aromatic nitrogens is 2. The zero-order valence-corrected chi connectivity index (χ0v) is 18.8. The number of hydrogen-bond acceptors (Lipinski definition) is 6. The molecule has 0 aliphatic heterocycles. The van der Waals surface area contributed by atoms with Crippen LogP contribution < -0.4 is 9.62 Å². The lowest BCUT2D eigenvalue weighted by atomic mass is 10.2. The van der Waals surface area contributed by atoms with E-state index in [2.05, 4.69) is 15.5 Å². The van der Waals surface area contributed by atoms with E-state index in [-0.39, 0.29) is 10.8 Å². The van der Waals surface area contributed by atoms with Crippen LogP contribution in [0.25, 0.3) is 0 Å². The van der Waals surface area contributed by atoms with Gasteiger partial charge in [0.2, 0.25) is 5.13 Å². The summed E-state index contributed by atoms with van der Waals surface area (Å²) in [6.07, 6.45) is 0.644. The molecule has 1 aromatic heterocycles. The normalized spacial score (nSPS) is 11.2. The fourth-order valence-electron chi connectivity index (χ4n) is 3.03. The maximum Gasteiger partial charge on any atom is 0.264 e. The van der Waals surface area contributed by atoms with E-state index in [9.17, 15) is 13.2 Å². The monoisotopic (exact) mass is 464 g/mol. The quantitative estimate of drug-likeness (QED) is 0.442. The topological polar surface area (TPSA) is 92.3 Å². The second-order valence-electron chi connectivity index (χ2n) is 6.95. The molecule has 0 saturated heterocycles. The first kappa shape index (κ1) is 21.7. The van der Waals surface area contributed by atoms with Crippen molar-refractivity contribution in [3.8, 4) is 0 Å². The fraction of sp³-hybridized carbons (Fsp3) is 0.0870. The highest BCUT2D eigenvalue weighted by Crippen LogP contribution is 2.23. The molecule has 0 spiro atoms. The summed E-state index contributed by atoms with van der Waals surface area (Å²) in [5.41, 5.74) is 1.96. The van der Waals surface area contributed by atoms with Crippen molar-refractivity contribution in [2.45, 2.75) is 11.3 Å². The van der Waals surface area contributed by atoms with Gasteiger partial charge in [0.1, 0.15) is 5.01 Å². The van der Waals surface area contributed by atoms with Gasteiger partial charge in [-0.3, -0.25) is 14.4 Å². The average molecular weight is 465 g/mol. The van der Waals surface area contributed by atoms with Crippen molar-refractivity contribution in [1.82, 2.24) is 10.2 Å². The van der Waals surface area contributed by atoms with Crippen LogP contribution in [0.1, 0.15) is 20.9 Å². The van der Waals surface area contributed by atoms with E-state index in [4.69, 9.17) is 0 Å². The van der Waals surface area contributed by atoms with Crippen LogP contribution in [0, 0.1) is 0 Å². The largest absolute Gasteiger partial charge is 0.296 e. The molecule has 32 heavy (non-hydrogen) atoms. The molecule has 0 aliphatic rings. The van der Waals surface area contributed by atoms with Crippen LogP contribution in [0.4, 0.5) is 10.8 Å². The standard InChI is InChI=1S/C23H20N4O3S2/c1-27(32(29,30)20-10-6-3-7-11-20)19-14-12-18(13-15-19)22(28)24-23-26-25-21(31-23)16-17-8-4-2-5-9-17/h2-15H,16H2,1H3,(H,24,26,28). The third-order valence-electron chi connectivity index (χ3n) is 4.78. The van der Waals surface area contributed by atoms with Crippen molar-refractivity contribution in [2.75, 3.05) is 16.7 Å². The van der Waals surface area contributed by atoms with Gasteiger partial charge < -0.3 is 0 Å². The molecule has 0 atom stereocenters. The highest BCUT2D eigenvalue weighted by atomic mass is 32.2. The Morgan fingerprint density at radius 1 is 0.906 bits per heavy atom. The molecule has 0 radical (unpaired) electrons. The second kappa shape index (κ2) is 9.29. The van der Waals surface area contributed by atoms with Crippen LogP contribution >= 0.6 is 11.3 Å². The molecule has 4 aromatic rings. The van der Waals surface area contributed by atoms with Gasteiger partial charge in [-0.05, 0) is 42.0 Å². The lowest BCUT2D eigenvalue weighted by Crippen LogP contribution is -2.26. The number of benzene rings is 3. The summed E-state index contributed by atoms with van der Waals surface area (Å²) < 4.78 is 26.7. The number of nitrogens with zero attached hydrogens (tertiary/aromatic N) is 3. The van der Waals surface area contributed by atoms with E-state index in [1.54, 1.807) is 54.6 Å². The molecule has 0 bridgehead atoms. The number of sulfonamides is 1. The highest BCUT2D eigenvalue weighted by molar-refractivity contribution is 7.92. The Hall–Kier alpha value is -3.56. The first-order chi connectivity index (χ1) is 15.4. The van der Waals surface area contributed by atoms with Gasteiger partial charge in [0.25, 0.3) is 15.9 Å². The molecule has 1 heterocycles. The first-order valence-electron chi connectivity index (χ1n) is 9.75. The Kier molecular flexibility index (Phi) is 6.29.